The minimum absolute atomic E-state index is 0.429. The van der Waals surface area contributed by atoms with Crippen molar-refractivity contribution in [3.63, 3.8) is 0 Å². The zero-order valence-electron chi connectivity index (χ0n) is 10.9. The second-order valence-corrected chi connectivity index (χ2v) is 4.77. The summed E-state index contributed by atoms with van der Waals surface area (Å²) in [4.78, 5) is 4.25. The average molecular weight is 284 g/mol. The van der Waals surface area contributed by atoms with Crippen molar-refractivity contribution in [1.82, 2.24) is 4.98 Å². The van der Waals surface area contributed by atoms with Crippen molar-refractivity contribution in [2.45, 2.75) is 12.5 Å². The van der Waals surface area contributed by atoms with Crippen molar-refractivity contribution in [2.75, 3.05) is 0 Å². The van der Waals surface area contributed by atoms with Crippen LogP contribution in [0.25, 0.3) is 10.8 Å². The minimum atomic E-state index is 0.429. The molecule has 0 unspecified atom stereocenters. The largest absolute Gasteiger partial charge is 0.487 e. The predicted molar refractivity (Wildman–Crippen MR) is 82.1 cm³/mol. The number of halogens is 1. The van der Waals surface area contributed by atoms with Crippen molar-refractivity contribution in [3.8, 4) is 5.75 Å². The molecule has 0 aliphatic carbocycles. The molecule has 0 bridgehead atoms. The molecule has 3 rings (SSSR count). The van der Waals surface area contributed by atoms with E-state index in [1.54, 1.807) is 6.20 Å². The molecule has 0 saturated carbocycles. The van der Waals surface area contributed by atoms with E-state index in [0.717, 1.165) is 22.4 Å². The molecule has 2 nitrogen and oxygen atoms in total. The number of aromatic nitrogens is 1. The molecule has 0 atom stereocenters. The summed E-state index contributed by atoms with van der Waals surface area (Å²) in [6.45, 7) is 0.447. The Kier molecular flexibility index (Phi) is 3.84. The molecule has 0 aliphatic rings. The summed E-state index contributed by atoms with van der Waals surface area (Å²) in [6, 6.07) is 18.0. The van der Waals surface area contributed by atoms with Gasteiger partial charge in [-0.25, -0.2) is 0 Å². The van der Waals surface area contributed by atoms with Gasteiger partial charge in [-0.15, -0.1) is 11.6 Å². The Morgan fingerprint density at radius 3 is 2.60 bits per heavy atom. The van der Waals surface area contributed by atoms with Crippen LogP contribution in [-0.2, 0) is 12.5 Å². The van der Waals surface area contributed by atoms with Gasteiger partial charge in [-0.3, -0.25) is 4.98 Å². The summed E-state index contributed by atoms with van der Waals surface area (Å²) in [5.41, 5.74) is 1.93. The van der Waals surface area contributed by atoms with Crippen molar-refractivity contribution >= 4 is 22.4 Å². The van der Waals surface area contributed by atoms with Gasteiger partial charge in [-0.2, -0.15) is 0 Å². The number of hydrogen-bond donors (Lipinski definition) is 0. The highest BCUT2D eigenvalue weighted by molar-refractivity contribution is 6.18. The number of ether oxygens (including phenoxy) is 1. The van der Waals surface area contributed by atoms with Gasteiger partial charge in [0.05, 0.1) is 11.6 Å². The molecular weight excluding hydrogens is 270 g/mol. The maximum Gasteiger partial charge on any atom is 0.130 e. The van der Waals surface area contributed by atoms with Crippen molar-refractivity contribution in [1.29, 1.82) is 0 Å². The van der Waals surface area contributed by atoms with Crippen LogP contribution in [0.2, 0.25) is 0 Å². The third kappa shape index (κ3) is 2.61. The van der Waals surface area contributed by atoms with Gasteiger partial charge in [-0.05, 0) is 29.0 Å². The van der Waals surface area contributed by atoms with Crippen LogP contribution in [0.15, 0.2) is 60.8 Å². The summed E-state index contributed by atoms with van der Waals surface area (Å²) in [5.74, 6) is 1.25. The van der Waals surface area contributed by atoms with E-state index in [9.17, 15) is 0 Å². The number of rotatable bonds is 4. The highest BCUT2D eigenvalue weighted by Gasteiger charge is 2.08. The van der Waals surface area contributed by atoms with Gasteiger partial charge in [-0.1, -0.05) is 36.4 Å². The van der Waals surface area contributed by atoms with E-state index in [2.05, 4.69) is 23.2 Å². The van der Waals surface area contributed by atoms with Gasteiger partial charge in [0.25, 0.3) is 0 Å². The number of nitrogens with zero attached hydrogens (tertiary/aromatic N) is 1. The van der Waals surface area contributed by atoms with Gasteiger partial charge in [0.2, 0.25) is 0 Å². The lowest BCUT2D eigenvalue weighted by molar-refractivity contribution is 0.299. The summed E-state index contributed by atoms with van der Waals surface area (Å²) in [6.07, 6.45) is 1.77. The molecule has 1 aromatic heterocycles. The highest BCUT2D eigenvalue weighted by atomic mass is 35.5. The summed E-state index contributed by atoms with van der Waals surface area (Å²) in [5, 5.41) is 2.31. The maximum atomic E-state index is 6.10. The fourth-order valence-corrected chi connectivity index (χ4v) is 2.50. The topological polar surface area (TPSA) is 22.1 Å². The second-order valence-electron chi connectivity index (χ2n) is 4.51. The van der Waals surface area contributed by atoms with E-state index in [0.29, 0.717) is 12.5 Å². The summed E-state index contributed by atoms with van der Waals surface area (Å²) in [7, 11) is 0. The van der Waals surface area contributed by atoms with E-state index in [1.807, 2.05) is 36.4 Å². The molecule has 0 radical (unpaired) electrons. The Morgan fingerprint density at radius 2 is 1.80 bits per heavy atom. The number of benzene rings is 2. The predicted octanol–water partition coefficient (Wildman–Crippen LogP) is 4.55. The van der Waals surface area contributed by atoms with E-state index in [-0.39, 0.29) is 0 Å². The third-order valence-electron chi connectivity index (χ3n) is 3.23. The minimum Gasteiger partial charge on any atom is -0.487 e. The third-order valence-corrected chi connectivity index (χ3v) is 3.50. The van der Waals surface area contributed by atoms with Crippen LogP contribution in [0.5, 0.6) is 5.75 Å². The number of hydrogen-bond acceptors (Lipinski definition) is 2. The Balaban J connectivity index is 1.91. The molecule has 0 spiro atoms. The van der Waals surface area contributed by atoms with Gasteiger partial charge in [0.1, 0.15) is 12.4 Å². The van der Waals surface area contributed by atoms with Crippen LogP contribution in [0.1, 0.15) is 11.3 Å². The second kappa shape index (κ2) is 5.93. The molecule has 0 aliphatic heterocycles. The van der Waals surface area contributed by atoms with Crippen LogP contribution in [0, 0.1) is 0 Å². The monoisotopic (exact) mass is 283 g/mol. The zero-order chi connectivity index (χ0) is 13.8. The molecule has 0 saturated heterocycles. The first kappa shape index (κ1) is 12.9. The van der Waals surface area contributed by atoms with Crippen LogP contribution >= 0.6 is 11.6 Å². The van der Waals surface area contributed by atoms with Crippen LogP contribution in [0.3, 0.4) is 0 Å². The van der Waals surface area contributed by atoms with Crippen molar-refractivity contribution in [3.05, 3.63) is 72.1 Å². The molecule has 1 heterocycles. The van der Waals surface area contributed by atoms with Crippen LogP contribution in [-0.4, -0.2) is 4.98 Å². The first-order valence-corrected chi connectivity index (χ1v) is 7.01. The smallest absolute Gasteiger partial charge is 0.130 e. The normalized spacial score (nSPS) is 10.7. The molecule has 3 heteroatoms. The summed E-state index contributed by atoms with van der Waals surface area (Å²) < 4.78 is 5.88. The van der Waals surface area contributed by atoms with Crippen LogP contribution in [0.4, 0.5) is 0 Å². The van der Waals surface area contributed by atoms with E-state index < -0.39 is 0 Å². The fraction of sp³-hybridized carbons (Fsp3) is 0.118. The fourth-order valence-electron chi connectivity index (χ4n) is 2.22. The van der Waals surface area contributed by atoms with Gasteiger partial charge in [0, 0.05) is 11.8 Å². The molecule has 100 valence electrons. The van der Waals surface area contributed by atoms with Gasteiger partial charge in [0.15, 0.2) is 0 Å². The molecule has 0 amide bonds. The Hall–Kier alpha value is -2.06. The zero-order valence-corrected chi connectivity index (χ0v) is 11.7. The molecule has 0 N–H and O–H groups in total. The Morgan fingerprint density at radius 1 is 0.950 bits per heavy atom. The Labute approximate surface area is 123 Å². The number of fused-ring (bicyclic) bond motifs is 1. The van der Waals surface area contributed by atoms with Crippen molar-refractivity contribution < 1.29 is 4.74 Å². The molecule has 20 heavy (non-hydrogen) atoms. The van der Waals surface area contributed by atoms with Crippen molar-refractivity contribution in [2.24, 2.45) is 0 Å². The lowest BCUT2D eigenvalue weighted by Crippen LogP contribution is -2.00. The number of pyridine rings is 1. The van der Waals surface area contributed by atoms with Gasteiger partial charge < -0.3 is 4.74 Å². The lowest BCUT2D eigenvalue weighted by Gasteiger charge is -2.12. The quantitative estimate of drug-likeness (QED) is 0.655. The molecular formula is C17H14ClNO. The first-order valence-electron chi connectivity index (χ1n) is 6.48. The molecule has 3 aromatic rings. The maximum absolute atomic E-state index is 6.10. The Bertz CT molecular complexity index is 713. The SMILES string of the molecule is ClCc1c(OCc2ccccn2)ccc2ccccc12. The van der Waals surface area contributed by atoms with E-state index >= 15 is 0 Å². The first-order chi connectivity index (χ1) is 9.88. The number of alkyl halides is 1. The average Bonchev–Trinajstić information content (AvgIpc) is 2.53. The van der Waals surface area contributed by atoms with Gasteiger partial charge >= 0.3 is 0 Å². The van der Waals surface area contributed by atoms with Crippen LogP contribution < -0.4 is 4.74 Å². The lowest BCUT2D eigenvalue weighted by atomic mass is 10.0. The summed E-state index contributed by atoms with van der Waals surface area (Å²) >= 11 is 6.10. The van der Waals surface area contributed by atoms with E-state index in [1.165, 1.54) is 5.39 Å². The molecule has 0 fully saturated rings. The molecule has 2 aromatic carbocycles. The highest BCUT2D eigenvalue weighted by Crippen LogP contribution is 2.29. The standard InChI is InChI=1S/C17H14ClNO/c18-11-16-15-7-2-1-5-13(15)8-9-17(16)20-12-14-6-3-4-10-19-14/h1-10H,11-12H2. The van der Waals surface area contributed by atoms with E-state index in [4.69, 9.17) is 16.3 Å².